The minimum absolute atomic E-state index is 0.0220. The number of hydrogen-bond acceptors (Lipinski definition) is 2. The average Bonchev–Trinajstić information content (AvgIpc) is 2.44. The van der Waals surface area contributed by atoms with Crippen molar-refractivity contribution in [1.82, 2.24) is 5.32 Å². The first-order valence-electron chi connectivity index (χ1n) is 7.75. The summed E-state index contributed by atoms with van der Waals surface area (Å²) in [7, 11) is 0. The van der Waals surface area contributed by atoms with E-state index in [9.17, 15) is 18.7 Å². The molecule has 2 N–H and O–H groups in total. The monoisotopic (exact) mass is 311 g/mol. The highest BCUT2D eigenvalue weighted by atomic mass is 19.1. The molecular formula is C17H23F2NO2. The molecule has 1 amide bonds. The van der Waals surface area contributed by atoms with Gasteiger partial charge in [0.05, 0.1) is 6.54 Å². The molecular weight excluding hydrogens is 288 g/mol. The van der Waals surface area contributed by atoms with Crippen LogP contribution in [0.3, 0.4) is 0 Å². The molecule has 1 aliphatic rings. The molecule has 0 bridgehead atoms. The van der Waals surface area contributed by atoms with Gasteiger partial charge in [-0.3, -0.25) is 4.79 Å². The third kappa shape index (κ3) is 4.03. The molecule has 3 unspecified atom stereocenters. The van der Waals surface area contributed by atoms with Crippen molar-refractivity contribution < 1.29 is 18.7 Å². The zero-order valence-electron chi connectivity index (χ0n) is 13.0. The Morgan fingerprint density at radius 1 is 1.41 bits per heavy atom. The largest absolute Gasteiger partial charge is 0.383 e. The summed E-state index contributed by atoms with van der Waals surface area (Å²) in [6, 6.07) is 3.03. The minimum Gasteiger partial charge on any atom is -0.383 e. The second kappa shape index (κ2) is 6.73. The summed E-state index contributed by atoms with van der Waals surface area (Å²) in [6.45, 7) is 3.44. The van der Waals surface area contributed by atoms with E-state index < -0.39 is 17.2 Å². The number of hydrogen-bond donors (Lipinski definition) is 2. The van der Waals surface area contributed by atoms with Crippen molar-refractivity contribution in [1.29, 1.82) is 0 Å². The molecule has 122 valence electrons. The molecule has 1 aliphatic carbocycles. The van der Waals surface area contributed by atoms with Crippen molar-refractivity contribution in [2.75, 3.05) is 6.54 Å². The number of aliphatic hydroxyl groups is 1. The molecule has 3 nitrogen and oxygen atoms in total. The molecule has 0 radical (unpaired) electrons. The van der Waals surface area contributed by atoms with Crippen molar-refractivity contribution in [2.45, 2.75) is 45.1 Å². The van der Waals surface area contributed by atoms with Crippen LogP contribution < -0.4 is 5.32 Å². The maximum Gasteiger partial charge on any atom is 0.223 e. The first-order valence-corrected chi connectivity index (χ1v) is 7.75. The average molecular weight is 311 g/mol. The lowest BCUT2D eigenvalue weighted by atomic mass is 9.82. The van der Waals surface area contributed by atoms with Crippen LogP contribution in [0.4, 0.5) is 8.78 Å². The van der Waals surface area contributed by atoms with Gasteiger partial charge in [0, 0.05) is 17.5 Å². The highest BCUT2D eigenvalue weighted by molar-refractivity contribution is 5.78. The van der Waals surface area contributed by atoms with Gasteiger partial charge in [-0.2, -0.15) is 0 Å². The van der Waals surface area contributed by atoms with Gasteiger partial charge in [-0.15, -0.1) is 0 Å². The van der Waals surface area contributed by atoms with Gasteiger partial charge in [0.2, 0.25) is 5.91 Å². The molecule has 1 aromatic carbocycles. The second-order valence-corrected chi connectivity index (χ2v) is 6.58. The van der Waals surface area contributed by atoms with Gasteiger partial charge >= 0.3 is 0 Å². The van der Waals surface area contributed by atoms with Gasteiger partial charge in [-0.05, 0) is 31.7 Å². The molecule has 1 aromatic rings. The minimum atomic E-state index is -1.58. The molecule has 3 atom stereocenters. The third-order valence-electron chi connectivity index (χ3n) is 4.43. The maximum atomic E-state index is 13.8. The van der Waals surface area contributed by atoms with E-state index in [1.807, 2.05) is 0 Å². The fraction of sp³-hybridized carbons (Fsp3) is 0.588. The smallest absolute Gasteiger partial charge is 0.223 e. The van der Waals surface area contributed by atoms with Crippen molar-refractivity contribution in [2.24, 2.45) is 11.8 Å². The van der Waals surface area contributed by atoms with Crippen LogP contribution in [-0.2, 0) is 10.4 Å². The number of halogens is 2. The summed E-state index contributed by atoms with van der Waals surface area (Å²) in [6.07, 6.45) is 3.87. The Kier molecular flexibility index (Phi) is 5.16. The van der Waals surface area contributed by atoms with Crippen LogP contribution in [0.25, 0.3) is 0 Å². The van der Waals surface area contributed by atoms with Gasteiger partial charge in [0.1, 0.15) is 17.2 Å². The molecule has 0 aliphatic heterocycles. The van der Waals surface area contributed by atoms with E-state index in [2.05, 4.69) is 12.2 Å². The van der Waals surface area contributed by atoms with Crippen LogP contribution in [-0.4, -0.2) is 17.6 Å². The summed E-state index contributed by atoms with van der Waals surface area (Å²) in [4.78, 5) is 12.2. The predicted octanol–water partition coefficient (Wildman–Crippen LogP) is 3.11. The topological polar surface area (TPSA) is 49.3 Å². The van der Waals surface area contributed by atoms with E-state index in [-0.39, 0.29) is 23.9 Å². The number of carbonyl (C=O) groups excluding carboxylic acids is 1. The summed E-state index contributed by atoms with van der Waals surface area (Å²) in [5.74, 6) is -1.13. The Balaban J connectivity index is 1.98. The summed E-state index contributed by atoms with van der Waals surface area (Å²) >= 11 is 0. The molecule has 5 heteroatoms. The van der Waals surface area contributed by atoms with Crippen LogP contribution in [0.15, 0.2) is 18.2 Å². The Bertz CT molecular complexity index is 545. The molecule has 22 heavy (non-hydrogen) atoms. The zero-order valence-corrected chi connectivity index (χ0v) is 13.0. The molecule has 0 spiro atoms. The molecule has 0 saturated heterocycles. The van der Waals surface area contributed by atoms with E-state index in [1.54, 1.807) is 0 Å². The number of amides is 1. The third-order valence-corrected chi connectivity index (χ3v) is 4.43. The van der Waals surface area contributed by atoms with Crippen LogP contribution in [0.5, 0.6) is 0 Å². The maximum absolute atomic E-state index is 13.8. The van der Waals surface area contributed by atoms with Gasteiger partial charge < -0.3 is 10.4 Å². The van der Waals surface area contributed by atoms with Crippen LogP contribution >= 0.6 is 0 Å². The number of rotatable bonds is 4. The fourth-order valence-electron chi connectivity index (χ4n) is 3.10. The van der Waals surface area contributed by atoms with Crippen LogP contribution in [0.2, 0.25) is 0 Å². The molecule has 1 saturated carbocycles. The van der Waals surface area contributed by atoms with E-state index in [4.69, 9.17) is 0 Å². The lowest BCUT2D eigenvalue weighted by Crippen LogP contribution is -2.42. The van der Waals surface area contributed by atoms with E-state index in [0.29, 0.717) is 5.92 Å². The van der Waals surface area contributed by atoms with Crippen molar-refractivity contribution >= 4 is 5.91 Å². The van der Waals surface area contributed by atoms with Crippen LogP contribution in [0, 0.1) is 23.5 Å². The molecule has 1 fully saturated rings. The fourth-order valence-corrected chi connectivity index (χ4v) is 3.10. The van der Waals surface area contributed by atoms with Gasteiger partial charge in [-0.1, -0.05) is 25.8 Å². The highest BCUT2D eigenvalue weighted by Crippen LogP contribution is 2.29. The SMILES string of the molecule is CC1CCCC(C(=O)NCC(C)(O)c2ccc(F)cc2F)C1. The molecule has 0 heterocycles. The van der Waals surface area contributed by atoms with E-state index >= 15 is 0 Å². The summed E-state index contributed by atoms with van der Waals surface area (Å²) in [5.41, 5.74) is -1.60. The normalized spacial score (nSPS) is 24.6. The van der Waals surface area contributed by atoms with E-state index in [1.165, 1.54) is 13.0 Å². The Morgan fingerprint density at radius 2 is 2.14 bits per heavy atom. The zero-order chi connectivity index (χ0) is 16.3. The summed E-state index contributed by atoms with van der Waals surface area (Å²) in [5, 5.41) is 13.1. The Hall–Kier alpha value is -1.49. The van der Waals surface area contributed by atoms with Crippen LogP contribution in [0.1, 0.15) is 45.1 Å². The number of carbonyl (C=O) groups is 1. The molecule has 2 rings (SSSR count). The van der Waals surface area contributed by atoms with Gasteiger partial charge in [-0.25, -0.2) is 8.78 Å². The first-order chi connectivity index (χ1) is 10.3. The summed E-state index contributed by atoms with van der Waals surface area (Å²) < 4.78 is 26.7. The first kappa shape index (κ1) is 16.9. The Morgan fingerprint density at radius 3 is 2.77 bits per heavy atom. The van der Waals surface area contributed by atoms with Crippen molar-refractivity contribution in [3.05, 3.63) is 35.4 Å². The number of benzene rings is 1. The standard InChI is InChI=1S/C17H23F2NO2/c1-11-4-3-5-12(8-11)16(21)20-10-17(2,22)14-7-6-13(18)9-15(14)19/h6-7,9,11-12,22H,3-5,8,10H2,1-2H3,(H,20,21). The second-order valence-electron chi connectivity index (χ2n) is 6.58. The number of nitrogens with one attached hydrogen (secondary N) is 1. The quantitative estimate of drug-likeness (QED) is 0.897. The van der Waals surface area contributed by atoms with Crippen molar-refractivity contribution in [3.8, 4) is 0 Å². The predicted molar refractivity (Wildman–Crippen MR) is 80.1 cm³/mol. The lowest BCUT2D eigenvalue weighted by Gasteiger charge is -2.29. The van der Waals surface area contributed by atoms with Gasteiger partial charge in [0.15, 0.2) is 0 Å². The highest BCUT2D eigenvalue weighted by Gasteiger charge is 2.30. The molecule has 0 aromatic heterocycles. The van der Waals surface area contributed by atoms with E-state index in [0.717, 1.165) is 37.8 Å². The van der Waals surface area contributed by atoms with Gasteiger partial charge in [0.25, 0.3) is 0 Å². The lowest BCUT2D eigenvalue weighted by molar-refractivity contribution is -0.127. The van der Waals surface area contributed by atoms with Crippen molar-refractivity contribution in [3.63, 3.8) is 0 Å². The Labute approximate surface area is 129 Å².